The number of rotatable bonds is 8. The van der Waals surface area contributed by atoms with Crippen LogP contribution in [0.2, 0.25) is 0 Å². The summed E-state index contributed by atoms with van der Waals surface area (Å²) in [5.41, 5.74) is 4.82. The highest BCUT2D eigenvalue weighted by Gasteiger charge is 2.32. The maximum Gasteiger partial charge on any atom is 0.237 e. The van der Waals surface area contributed by atoms with Crippen LogP contribution < -0.4 is 11.1 Å². The van der Waals surface area contributed by atoms with Crippen molar-refractivity contribution in [1.82, 2.24) is 10.2 Å². The van der Waals surface area contributed by atoms with Crippen LogP contribution in [0.5, 0.6) is 0 Å². The Morgan fingerprint density at radius 3 is 2.35 bits per heavy atom. The summed E-state index contributed by atoms with van der Waals surface area (Å²) in [4.78, 5) is 13.7. The van der Waals surface area contributed by atoms with Crippen LogP contribution in [0.25, 0.3) is 0 Å². The largest absolute Gasteiger partial charge is 0.368 e. The van der Waals surface area contributed by atoms with Crippen LogP contribution in [0.3, 0.4) is 0 Å². The molecule has 0 heterocycles. The van der Waals surface area contributed by atoms with Crippen LogP contribution >= 0.6 is 0 Å². The van der Waals surface area contributed by atoms with E-state index in [1.807, 2.05) is 6.92 Å². The van der Waals surface area contributed by atoms with Crippen molar-refractivity contribution >= 4 is 5.91 Å². The molecule has 0 saturated heterocycles. The van der Waals surface area contributed by atoms with Gasteiger partial charge in [0.05, 0.1) is 5.54 Å². The van der Waals surface area contributed by atoms with Gasteiger partial charge in [-0.2, -0.15) is 0 Å². The molecule has 0 aromatic carbocycles. The summed E-state index contributed by atoms with van der Waals surface area (Å²) in [6.45, 7) is 9.50. The molecular weight excluding hydrogens is 214 g/mol. The van der Waals surface area contributed by atoms with Crippen molar-refractivity contribution in [3.8, 4) is 0 Å². The lowest BCUT2D eigenvalue weighted by atomic mass is 9.92. The van der Waals surface area contributed by atoms with Gasteiger partial charge in [-0.05, 0) is 40.3 Å². The number of nitrogens with one attached hydrogen (secondary N) is 1. The first kappa shape index (κ1) is 16.4. The van der Waals surface area contributed by atoms with Crippen LogP contribution in [0.15, 0.2) is 0 Å². The number of amides is 1. The predicted molar refractivity (Wildman–Crippen MR) is 72.8 cm³/mol. The average Bonchev–Trinajstić information content (AvgIpc) is 2.27. The fraction of sp³-hybridized carbons (Fsp3) is 0.923. The molecule has 3 unspecified atom stereocenters. The summed E-state index contributed by atoms with van der Waals surface area (Å²) in [7, 11) is 3.89. The number of carbonyl (C=O) groups excluding carboxylic acids is 1. The van der Waals surface area contributed by atoms with Gasteiger partial charge in [0.15, 0.2) is 0 Å². The number of nitrogens with zero attached hydrogens (tertiary/aromatic N) is 1. The Bertz CT molecular complexity index is 245. The van der Waals surface area contributed by atoms with Gasteiger partial charge in [-0.3, -0.25) is 4.79 Å². The number of hydrogen-bond donors (Lipinski definition) is 2. The molecule has 0 saturated carbocycles. The highest BCUT2D eigenvalue weighted by Crippen LogP contribution is 2.16. The van der Waals surface area contributed by atoms with Crippen molar-refractivity contribution in [2.24, 2.45) is 11.7 Å². The van der Waals surface area contributed by atoms with Crippen molar-refractivity contribution in [2.45, 2.75) is 52.1 Å². The fourth-order valence-corrected chi connectivity index (χ4v) is 1.87. The molecule has 4 nitrogen and oxygen atoms in total. The smallest absolute Gasteiger partial charge is 0.237 e. The maximum absolute atomic E-state index is 11.4. The van der Waals surface area contributed by atoms with E-state index < -0.39 is 5.54 Å². The molecule has 0 aliphatic rings. The number of nitrogens with two attached hydrogens (primary N) is 1. The van der Waals surface area contributed by atoms with Gasteiger partial charge in [0.2, 0.25) is 5.91 Å². The van der Waals surface area contributed by atoms with E-state index in [-0.39, 0.29) is 5.91 Å². The highest BCUT2D eigenvalue weighted by molar-refractivity contribution is 5.84. The summed E-state index contributed by atoms with van der Waals surface area (Å²) >= 11 is 0. The Morgan fingerprint density at radius 2 is 2.00 bits per heavy atom. The minimum Gasteiger partial charge on any atom is -0.368 e. The first-order chi connectivity index (χ1) is 7.76. The van der Waals surface area contributed by atoms with Crippen molar-refractivity contribution in [3.05, 3.63) is 0 Å². The molecule has 3 atom stereocenters. The Labute approximate surface area is 106 Å². The van der Waals surface area contributed by atoms with Crippen molar-refractivity contribution in [2.75, 3.05) is 20.6 Å². The van der Waals surface area contributed by atoms with E-state index in [9.17, 15) is 4.79 Å². The van der Waals surface area contributed by atoms with Crippen molar-refractivity contribution in [3.63, 3.8) is 0 Å². The molecule has 0 aromatic rings. The zero-order chi connectivity index (χ0) is 13.6. The summed E-state index contributed by atoms with van der Waals surface area (Å²) in [6.07, 6.45) is 1.90. The molecule has 0 radical (unpaired) electrons. The summed E-state index contributed by atoms with van der Waals surface area (Å²) in [5, 5.41) is 3.03. The van der Waals surface area contributed by atoms with Crippen molar-refractivity contribution < 1.29 is 4.79 Å². The van der Waals surface area contributed by atoms with Gasteiger partial charge in [-0.1, -0.05) is 20.3 Å². The molecule has 0 fully saturated rings. The monoisotopic (exact) mass is 243 g/mol. The number of primary amides is 1. The van der Waals surface area contributed by atoms with Crippen LogP contribution in [-0.4, -0.2) is 43.0 Å². The third kappa shape index (κ3) is 5.04. The lowest BCUT2D eigenvalue weighted by Gasteiger charge is -2.34. The summed E-state index contributed by atoms with van der Waals surface area (Å²) in [5.74, 6) is 0.389. The molecule has 0 rings (SSSR count). The van der Waals surface area contributed by atoms with Gasteiger partial charge < -0.3 is 16.0 Å². The SMILES string of the molecule is CCC(C)CN(C)C(C)CC(C)(NC)C(N)=O. The molecule has 0 aromatic heterocycles. The molecule has 1 amide bonds. The van der Waals surface area contributed by atoms with Crippen LogP contribution in [0, 0.1) is 5.92 Å². The van der Waals surface area contributed by atoms with Gasteiger partial charge in [0, 0.05) is 12.6 Å². The average molecular weight is 243 g/mol. The molecule has 0 spiro atoms. The van der Waals surface area contributed by atoms with Crippen LogP contribution in [-0.2, 0) is 4.79 Å². The fourth-order valence-electron chi connectivity index (χ4n) is 1.87. The zero-order valence-corrected chi connectivity index (χ0v) is 12.2. The summed E-state index contributed by atoms with van der Waals surface area (Å²) < 4.78 is 0. The highest BCUT2D eigenvalue weighted by atomic mass is 16.1. The second-order valence-electron chi connectivity index (χ2n) is 5.45. The van der Waals surface area contributed by atoms with E-state index in [1.54, 1.807) is 7.05 Å². The Hall–Kier alpha value is -0.610. The van der Waals surface area contributed by atoms with E-state index in [0.29, 0.717) is 12.0 Å². The lowest BCUT2D eigenvalue weighted by molar-refractivity contribution is -0.124. The number of carbonyl (C=O) groups is 1. The van der Waals surface area contributed by atoms with E-state index in [0.717, 1.165) is 13.0 Å². The second kappa shape index (κ2) is 6.97. The van der Waals surface area contributed by atoms with Crippen LogP contribution in [0.1, 0.15) is 40.5 Å². The molecule has 102 valence electrons. The minimum atomic E-state index is -0.622. The van der Waals surface area contributed by atoms with E-state index in [4.69, 9.17) is 5.73 Å². The first-order valence-electron chi connectivity index (χ1n) is 6.45. The van der Waals surface area contributed by atoms with Gasteiger partial charge in [0.1, 0.15) is 0 Å². The lowest BCUT2D eigenvalue weighted by Crippen LogP contribution is -2.54. The second-order valence-corrected chi connectivity index (χ2v) is 5.45. The topological polar surface area (TPSA) is 58.4 Å². The van der Waals surface area contributed by atoms with Gasteiger partial charge >= 0.3 is 0 Å². The molecule has 0 aliphatic heterocycles. The maximum atomic E-state index is 11.4. The van der Waals surface area contributed by atoms with E-state index in [1.165, 1.54) is 6.42 Å². The third-order valence-corrected chi connectivity index (χ3v) is 3.85. The molecule has 0 aliphatic carbocycles. The predicted octanol–water partition coefficient (Wildman–Crippen LogP) is 1.21. The minimum absolute atomic E-state index is 0.288. The van der Waals surface area contributed by atoms with E-state index in [2.05, 4.69) is 38.0 Å². The standard InChI is InChI=1S/C13H29N3O/c1-7-10(2)9-16(6)11(3)8-13(4,15-5)12(14)17/h10-11,15H,7-9H2,1-6H3,(H2,14,17). The van der Waals surface area contributed by atoms with E-state index >= 15 is 0 Å². The van der Waals surface area contributed by atoms with Gasteiger partial charge in [0.25, 0.3) is 0 Å². The summed E-state index contributed by atoms with van der Waals surface area (Å²) in [6, 6.07) is 0.328. The Morgan fingerprint density at radius 1 is 1.47 bits per heavy atom. The molecule has 0 bridgehead atoms. The van der Waals surface area contributed by atoms with Gasteiger partial charge in [-0.15, -0.1) is 0 Å². The molecule has 3 N–H and O–H groups in total. The van der Waals surface area contributed by atoms with Crippen molar-refractivity contribution in [1.29, 1.82) is 0 Å². The van der Waals surface area contributed by atoms with Crippen LogP contribution in [0.4, 0.5) is 0 Å². The normalized spacial score (nSPS) is 18.8. The third-order valence-electron chi connectivity index (χ3n) is 3.85. The molecule has 17 heavy (non-hydrogen) atoms. The molecule has 4 heteroatoms. The first-order valence-corrected chi connectivity index (χ1v) is 6.45. The zero-order valence-electron chi connectivity index (χ0n) is 12.2. The number of likely N-dealkylation sites (N-methyl/N-ethyl adjacent to an activating group) is 1. The Kier molecular flexibility index (Phi) is 6.72. The Balaban J connectivity index is 4.41. The van der Waals surface area contributed by atoms with Gasteiger partial charge in [-0.25, -0.2) is 0 Å². The molecular formula is C13H29N3O. The quantitative estimate of drug-likeness (QED) is 0.673. The number of hydrogen-bond acceptors (Lipinski definition) is 3.